The monoisotopic (exact) mass is 345 g/mol. The third kappa shape index (κ3) is 6.17. The molecule has 2 unspecified atom stereocenters. The number of carbonyl (C=O) groups is 2. The Morgan fingerprint density at radius 2 is 2.00 bits per heavy atom. The van der Waals surface area contributed by atoms with Gasteiger partial charge in [-0.25, -0.2) is 9.59 Å². The maximum absolute atomic E-state index is 11.6. The molecule has 0 saturated carbocycles. The first-order valence-electron chi connectivity index (χ1n) is 7.14. The molecule has 1 heterocycles. The molecule has 0 fully saturated rings. The van der Waals surface area contributed by atoms with Gasteiger partial charge in [-0.1, -0.05) is 0 Å². The average molecular weight is 345 g/mol. The lowest BCUT2D eigenvalue weighted by atomic mass is 10.0. The van der Waals surface area contributed by atoms with Crippen molar-refractivity contribution in [1.82, 2.24) is 5.32 Å². The van der Waals surface area contributed by atoms with Crippen LogP contribution in [0.5, 0.6) is 0 Å². The standard InChI is InChI=1S/C15H23NO6S/c1-15(2,3)22-14(20)16-7-5-10(17)11(18)9-6-8-23-12(9)13(19)21-4/h6,8,10-11,17-18H,5,7H2,1-4H3,(H,16,20). The minimum absolute atomic E-state index is 0.108. The molecule has 7 nitrogen and oxygen atoms in total. The van der Waals surface area contributed by atoms with Gasteiger partial charge in [-0.15, -0.1) is 11.3 Å². The van der Waals surface area contributed by atoms with Gasteiger partial charge in [0.25, 0.3) is 0 Å². The van der Waals surface area contributed by atoms with Crippen molar-refractivity contribution < 1.29 is 29.3 Å². The summed E-state index contributed by atoms with van der Waals surface area (Å²) in [6, 6.07) is 1.56. The molecule has 1 rings (SSSR count). The summed E-state index contributed by atoms with van der Waals surface area (Å²) >= 11 is 1.13. The van der Waals surface area contributed by atoms with Crippen molar-refractivity contribution in [2.75, 3.05) is 13.7 Å². The first kappa shape index (κ1) is 19.4. The van der Waals surface area contributed by atoms with Crippen LogP contribution in [0.1, 0.15) is 48.5 Å². The van der Waals surface area contributed by atoms with Crippen LogP contribution in [0.15, 0.2) is 11.4 Å². The van der Waals surface area contributed by atoms with Gasteiger partial charge in [0.1, 0.15) is 16.6 Å². The highest BCUT2D eigenvalue weighted by molar-refractivity contribution is 7.12. The number of methoxy groups -OCH3 is 1. The normalized spacial score (nSPS) is 14.0. The van der Waals surface area contributed by atoms with Crippen LogP contribution in [0.25, 0.3) is 0 Å². The minimum Gasteiger partial charge on any atom is -0.465 e. The Bertz CT molecular complexity index is 536. The fourth-order valence-corrected chi connectivity index (χ4v) is 2.67. The zero-order valence-corrected chi connectivity index (χ0v) is 14.5. The molecule has 0 bridgehead atoms. The van der Waals surface area contributed by atoms with E-state index < -0.39 is 29.9 Å². The number of amides is 1. The number of carbonyl (C=O) groups excluding carboxylic acids is 2. The third-order valence-corrected chi connectivity index (χ3v) is 3.77. The van der Waals surface area contributed by atoms with E-state index in [4.69, 9.17) is 4.74 Å². The number of alkyl carbamates (subject to hydrolysis) is 1. The van der Waals surface area contributed by atoms with E-state index in [1.54, 1.807) is 32.2 Å². The van der Waals surface area contributed by atoms with Crippen molar-refractivity contribution in [3.8, 4) is 0 Å². The zero-order chi connectivity index (χ0) is 17.6. The summed E-state index contributed by atoms with van der Waals surface area (Å²) in [4.78, 5) is 23.3. The topological polar surface area (TPSA) is 105 Å². The van der Waals surface area contributed by atoms with Crippen LogP contribution in [0.3, 0.4) is 0 Å². The first-order chi connectivity index (χ1) is 10.7. The quantitative estimate of drug-likeness (QED) is 0.680. The summed E-state index contributed by atoms with van der Waals surface area (Å²) in [6.07, 6.45) is -2.86. The van der Waals surface area contributed by atoms with Gasteiger partial charge in [-0.05, 0) is 38.6 Å². The summed E-state index contributed by atoms with van der Waals surface area (Å²) in [5.74, 6) is -0.562. The second kappa shape index (κ2) is 8.28. The Hall–Kier alpha value is -1.64. The van der Waals surface area contributed by atoms with Gasteiger partial charge in [-0.2, -0.15) is 0 Å². The lowest BCUT2D eigenvalue weighted by Gasteiger charge is -2.21. The van der Waals surface area contributed by atoms with Gasteiger partial charge < -0.3 is 25.0 Å². The molecular formula is C15H23NO6S. The van der Waals surface area contributed by atoms with Crippen molar-refractivity contribution in [3.05, 3.63) is 21.9 Å². The van der Waals surface area contributed by atoms with Crippen LogP contribution in [-0.2, 0) is 9.47 Å². The average Bonchev–Trinajstić information content (AvgIpc) is 2.92. The fourth-order valence-electron chi connectivity index (χ4n) is 1.81. The SMILES string of the molecule is COC(=O)c1sccc1C(O)C(O)CCNC(=O)OC(C)(C)C. The predicted molar refractivity (Wildman–Crippen MR) is 85.5 cm³/mol. The number of ether oxygens (including phenoxy) is 2. The van der Waals surface area contributed by atoms with Crippen molar-refractivity contribution in [2.45, 2.75) is 45.0 Å². The van der Waals surface area contributed by atoms with Crippen LogP contribution in [-0.4, -0.2) is 47.6 Å². The molecule has 0 aliphatic rings. The molecule has 0 aromatic carbocycles. The molecule has 0 aliphatic carbocycles. The maximum atomic E-state index is 11.6. The van der Waals surface area contributed by atoms with Gasteiger partial charge in [0.05, 0.1) is 13.2 Å². The number of hydrogen-bond donors (Lipinski definition) is 3. The van der Waals surface area contributed by atoms with E-state index in [9.17, 15) is 19.8 Å². The van der Waals surface area contributed by atoms with E-state index >= 15 is 0 Å². The molecule has 0 radical (unpaired) electrons. The molecular weight excluding hydrogens is 322 g/mol. The second-order valence-electron chi connectivity index (χ2n) is 5.93. The van der Waals surface area contributed by atoms with Crippen LogP contribution in [0.4, 0.5) is 4.79 Å². The summed E-state index contributed by atoms with van der Waals surface area (Å²) in [7, 11) is 1.25. The van der Waals surface area contributed by atoms with E-state index in [1.165, 1.54) is 7.11 Å². The number of hydrogen-bond acceptors (Lipinski definition) is 7. The molecule has 0 spiro atoms. The van der Waals surface area contributed by atoms with Crippen LogP contribution in [0, 0.1) is 0 Å². The minimum atomic E-state index is -1.24. The highest BCUT2D eigenvalue weighted by atomic mass is 32.1. The molecule has 23 heavy (non-hydrogen) atoms. The van der Waals surface area contributed by atoms with Crippen molar-refractivity contribution in [1.29, 1.82) is 0 Å². The Morgan fingerprint density at radius 3 is 2.57 bits per heavy atom. The summed E-state index contributed by atoms with van der Waals surface area (Å²) in [5.41, 5.74) is -0.291. The van der Waals surface area contributed by atoms with Crippen molar-refractivity contribution >= 4 is 23.4 Å². The highest BCUT2D eigenvalue weighted by Gasteiger charge is 2.25. The number of thiophene rings is 1. The van der Waals surface area contributed by atoms with Crippen molar-refractivity contribution in [3.63, 3.8) is 0 Å². The van der Waals surface area contributed by atoms with Gasteiger partial charge in [0.2, 0.25) is 0 Å². The molecule has 2 atom stereocenters. The zero-order valence-electron chi connectivity index (χ0n) is 13.7. The lowest BCUT2D eigenvalue weighted by Crippen LogP contribution is -2.34. The van der Waals surface area contributed by atoms with Crippen molar-refractivity contribution in [2.24, 2.45) is 0 Å². The van der Waals surface area contributed by atoms with E-state index in [0.29, 0.717) is 5.56 Å². The molecule has 3 N–H and O–H groups in total. The second-order valence-corrected chi connectivity index (χ2v) is 6.84. The molecule has 0 saturated heterocycles. The summed E-state index contributed by atoms with van der Waals surface area (Å²) < 4.78 is 9.69. The van der Waals surface area contributed by atoms with Crippen LogP contribution in [0.2, 0.25) is 0 Å². The number of aliphatic hydroxyl groups excluding tert-OH is 2. The smallest absolute Gasteiger partial charge is 0.407 e. The van der Waals surface area contributed by atoms with E-state index in [2.05, 4.69) is 10.1 Å². The number of nitrogens with one attached hydrogen (secondary N) is 1. The molecule has 1 aromatic rings. The summed E-state index contributed by atoms with van der Waals surface area (Å²) in [6.45, 7) is 5.37. The third-order valence-electron chi connectivity index (χ3n) is 2.86. The van der Waals surface area contributed by atoms with Crippen LogP contribution < -0.4 is 5.32 Å². The highest BCUT2D eigenvalue weighted by Crippen LogP contribution is 2.27. The largest absolute Gasteiger partial charge is 0.465 e. The molecule has 1 aromatic heterocycles. The van der Waals surface area contributed by atoms with E-state index in [0.717, 1.165) is 11.3 Å². The Morgan fingerprint density at radius 1 is 1.35 bits per heavy atom. The number of aliphatic hydroxyl groups is 2. The van der Waals surface area contributed by atoms with Gasteiger partial charge in [-0.3, -0.25) is 0 Å². The Kier molecular flexibility index (Phi) is 6.99. The number of rotatable bonds is 6. The summed E-state index contributed by atoms with van der Waals surface area (Å²) in [5, 5.41) is 24.3. The van der Waals surface area contributed by atoms with Gasteiger partial charge >= 0.3 is 12.1 Å². The molecule has 8 heteroatoms. The predicted octanol–water partition coefficient (Wildman–Crippen LogP) is 1.84. The fraction of sp³-hybridized carbons (Fsp3) is 0.600. The van der Waals surface area contributed by atoms with E-state index in [-0.39, 0.29) is 17.8 Å². The lowest BCUT2D eigenvalue weighted by molar-refractivity contribution is 0.0116. The molecule has 0 aliphatic heterocycles. The Labute approximate surface area is 139 Å². The Balaban J connectivity index is 2.52. The van der Waals surface area contributed by atoms with Crippen LogP contribution >= 0.6 is 11.3 Å². The first-order valence-corrected chi connectivity index (χ1v) is 8.02. The molecule has 1 amide bonds. The number of esters is 1. The molecule has 130 valence electrons. The maximum Gasteiger partial charge on any atom is 0.407 e. The van der Waals surface area contributed by atoms with Gasteiger partial charge in [0.15, 0.2) is 0 Å². The van der Waals surface area contributed by atoms with Gasteiger partial charge in [0, 0.05) is 12.1 Å². The van der Waals surface area contributed by atoms with E-state index in [1.807, 2.05) is 0 Å².